The Morgan fingerprint density at radius 3 is 2.42 bits per heavy atom. The molecule has 0 aromatic rings. The van der Waals surface area contributed by atoms with Crippen molar-refractivity contribution < 1.29 is 9.59 Å². The van der Waals surface area contributed by atoms with Gasteiger partial charge in [-0.05, 0) is 79.1 Å². The summed E-state index contributed by atoms with van der Waals surface area (Å²) < 4.78 is 0. The third-order valence-electron chi connectivity index (χ3n) is 9.84. The molecule has 142 valence electrons. The van der Waals surface area contributed by atoms with Crippen LogP contribution in [0.25, 0.3) is 0 Å². The van der Waals surface area contributed by atoms with Crippen LogP contribution in [0.15, 0.2) is 11.1 Å². The molecule has 0 radical (unpaired) electrons. The van der Waals surface area contributed by atoms with Gasteiger partial charge in [0.05, 0.1) is 0 Å². The molecule has 2 spiro atoms. The molecule has 2 heteroatoms. The Bertz CT molecular complexity index is 745. The van der Waals surface area contributed by atoms with E-state index < -0.39 is 0 Å². The summed E-state index contributed by atoms with van der Waals surface area (Å²) in [5.41, 5.74) is 2.38. The van der Waals surface area contributed by atoms with Crippen LogP contribution in [-0.2, 0) is 9.59 Å². The molecule has 0 unspecified atom stereocenters. The lowest BCUT2D eigenvalue weighted by atomic mass is 9.36. The van der Waals surface area contributed by atoms with Crippen LogP contribution in [0.1, 0.15) is 79.6 Å². The standard InChI is InChI=1S/C24H34O2/c1-13(2)20-17-11-24-16(10-22(17,5)12-18(20)25)14(3)8-9-23(21(24)26)15(4)6-7-19(23)24/h13-16,19H,6-12H2,1-5H3/t14-,15-,16+,19+,22-,23-,24-/m1/s1. The summed E-state index contributed by atoms with van der Waals surface area (Å²) >= 11 is 0. The predicted molar refractivity (Wildman–Crippen MR) is 102 cm³/mol. The van der Waals surface area contributed by atoms with Gasteiger partial charge in [0, 0.05) is 17.3 Å². The van der Waals surface area contributed by atoms with Crippen molar-refractivity contribution in [3.05, 3.63) is 11.1 Å². The summed E-state index contributed by atoms with van der Waals surface area (Å²) in [5.74, 6) is 3.55. The van der Waals surface area contributed by atoms with Crippen LogP contribution in [0.5, 0.6) is 0 Å². The van der Waals surface area contributed by atoms with Gasteiger partial charge in [-0.3, -0.25) is 9.59 Å². The van der Waals surface area contributed by atoms with Gasteiger partial charge in [-0.15, -0.1) is 0 Å². The van der Waals surface area contributed by atoms with Gasteiger partial charge in [-0.1, -0.05) is 40.2 Å². The summed E-state index contributed by atoms with van der Waals surface area (Å²) in [6.07, 6.45) is 7.47. The van der Waals surface area contributed by atoms with Crippen molar-refractivity contribution in [3.63, 3.8) is 0 Å². The van der Waals surface area contributed by atoms with Crippen molar-refractivity contribution in [2.45, 2.75) is 79.6 Å². The Morgan fingerprint density at radius 1 is 1.00 bits per heavy atom. The molecular weight excluding hydrogens is 320 g/mol. The number of ketones is 2. The van der Waals surface area contributed by atoms with Gasteiger partial charge < -0.3 is 0 Å². The van der Waals surface area contributed by atoms with Crippen LogP contribution >= 0.6 is 0 Å². The Kier molecular flexibility index (Phi) is 3.25. The molecule has 5 aliphatic carbocycles. The maximum atomic E-state index is 13.9. The van der Waals surface area contributed by atoms with E-state index >= 15 is 0 Å². The second-order valence-corrected chi connectivity index (χ2v) is 11.2. The highest BCUT2D eigenvalue weighted by molar-refractivity contribution is 6.03. The maximum Gasteiger partial charge on any atom is 0.159 e. The molecule has 0 saturated heterocycles. The minimum atomic E-state index is -0.125. The summed E-state index contributed by atoms with van der Waals surface area (Å²) in [6, 6.07) is 0. The van der Waals surface area contributed by atoms with E-state index in [4.69, 9.17) is 0 Å². The van der Waals surface area contributed by atoms with E-state index in [9.17, 15) is 9.59 Å². The molecule has 5 aliphatic rings. The fourth-order valence-electron chi connectivity index (χ4n) is 8.74. The highest BCUT2D eigenvalue weighted by Gasteiger charge is 2.79. The topological polar surface area (TPSA) is 34.1 Å². The van der Waals surface area contributed by atoms with E-state index in [-0.39, 0.29) is 22.2 Å². The van der Waals surface area contributed by atoms with Gasteiger partial charge in [0.25, 0.3) is 0 Å². The molecule has 2 nitrogen and oxygen atoms in total. The molecule has 0 aromatic carbocycles. The molecule has 4 fully saturated rings. The van der Waals surface area contributed by atoms with Gasteiger partial charge in [0.2, 0.25) is 0 Å². The first-order valence-corrected chi connectivity index (χ1v) is 11.0. The maximum absolute atomic E-state index is 13.9. The van der Waals surface area contributed by atoms with Crippen LogP contribution < -0.4 is 0 Å². The summed E-state index contributed by atoms with van der Waals surface area (Å²) in [5, 5.41) is 0. The summed E-state index contributed by atoms with van der Waals surface area (Å²) in [4.78, 5) is 26.8. The Balaban J connectivity index is 1.68. The number of carbonyl (C=O) groups is 2. The van der Waals surface area contributed by atoms with E-state index in [2.05, 4.69) is 34.6 Å². The van der Waals surface area contributed by atoms with Crippen molar-refractivity contribution >= 4 is 11.6 Å². The third kappa shape index (κ3) is 1.63. The fraction of sp³-hybridized carbons (Fsp3) is 0.833. The van der Waals surface area contributed by atoms with E-state index in [1.807, 2.05) is 0 Å². The molecule has 2 bridgehead atoms. The first kappa shape index (κ1) is 17.2. The quantitative estimate of drug-likeness (QED) is 0.635. The highest BCUT2D eigenvalue weighted by atomic mass is 16.1. The number of hydrogen-bond acceptors (Lipinski definition) is 2. The second-order valence-electron chi connectivity index (χ2n) is 11.2. The van der Waals surface area contributed by atoms with E-state index in [0.29, 0.717) is 41.7 Å². The zero-order valence-electron chi connectivity index (χ0n) is 17.2. The van der Waals surface area contributed by atoms with E-state index in [1.54, 1.807) is 0 Å². The number of Topliss-reactive ketones (excluding diaryl/α,β-unsaturated/α-hetero) is 2. The smallest absolute Gasteiger partial charge is 0.159 e. The Hall–Kier alpha value is -0.920. The van der Waals surface area contributed by atoms with Gasteiger partial charge in [-0.25, -0.2) is 0 Å². The first-order valence-electron chi connectivity index (χ1n) is 11.0. The van der Waals surface area contributed by atoms with Gasteiger partial charge >= 0.3 is 0 Å². The van der Waals surface area contributed by atoms with Crippen LogP contribution in [-0.4, -0.2) is 11.6 Å². The summed E-state index contributed by atoms with van der Waals surface area (Å²) in [6.45, 7) is 11.4. The van der Waals surface area contributed by atoms with Crippen LogP contribution in [0.2, 0.25) is 0 Å². The molecular formula is C24H34O2. The van der Waals surface area contributed by atoms with Gasteiger partial charge in [0.1, 0.15) is 5.78 Å². The number of allylic oxidation sites excluding steroid dienone is 2. The normalized spacial score (nSPS) is 52.5. The highest BCUT2D eigenvalue weighted by Crippen LogP contribution is 2.79. The van der Waals surface area contributed by atoms with Gasteiger partial charge in [0.15, 0.2) is 5.78 Å². The zero-order chi connectivity index (χ0) is 18.6. The first-order chi connectivity index (χ1) is 12.2. The molecule has 0 amide bonds. The average Bonchev–Trinajstić information content (AvgIpc) is 2.94. The molecule has 4 saturated carbocycles. The van der Waals surface area contributed by atoms with Crippen molar-refractivity contribution in [2.24, 2.45) is 45.8 Å². The number of fused-ring (bicyclic) bond motifs is 1. The minimum absolute atomic E-state index is 0.00206. The molecule has 0 N–H and O–H groups in total. The zero-order valence-corrected chi connectivity index (χ0v) is 17.2. The monoisotopic (exact) mass is 354 g/mol. The fourth-order valence-corrected chi connectivity index (χ4v) is 8.74. The van der Waals surface area contributed by atoms with E-state index in [1.165, 1.54) is 24.8 Å². The number of carbonyl (C=O) groups excluding carboxylic acids is 2. The van der Waals surface area contributed by atoms with Crippen LogP contribution in [0, 0.1) is 45.8 Å². The number of rotatable bonds is 1. The molecule has 7 atom stereocenters. The van der Waals surface area contributed by atoms with Gasteiger partial charge in [-0.2, -0.15) is 0 Å². The SMILES string of the molecule is CC(C)C1=C2C[C@@]34C(=O)[C@@]5(CC[C@@H](C)[C@@H]3C[C@]2(C)CC1=O)[C@@H]4CC[C@H]5C. The average molecular weight is 355 g/mol. The minimum Gasteiger partial charge on any atom is -0.298 e. The lowest BCUT2D eigenvalue weighted by Gasteiger charge is -2.65. The predicted octanol–water partition coefficient (Wildman–Crippen LogP) is 5.36. The molecule has 26 heavy (non-hydrogen) atoms. The lowest BCUT2D eigenvalue weighted by Crippen LogP contribution is -2.68. The van der Waals surface area contributed by atoms with Crippen LogP contribution in [0.3, 0.4) is 0 Å². The molecule has 5 rings (SSSR count). The second kappa shape index (κ2) is 4.92. The largest absolute Gasteiger partial charge is 0.298 e. The van der Waals surface area contributed by atoms with Crippen molar-refractivity contribution in [2.75, 3.05) is 0 Å². The number of hydrogen-bond donors (Lipinski definition) is 0. The van der Waals surface area contributed by atoms with Crippen molar-refractivity contribution in [1.29, 1.82) is 0 Å². The van der Waals surface area contributed by atoms with Crippen molar-refractivity contribution in [3.8, 4) is 0 Å². The Morgan fingerprint density at radius 2 is 1.73 bits per heavy atom. The molecule has 0 aliphatic heterocycles. The van der Waals surface area contributed by atoms with Crippen molar-refractivity contribution in [1.82, 2.24) is 0 Å². The molecule has 0 aromatic heterocycles. The lowest BCUT2D eigenvalue weighted by molar-refractivity contribution is -0.189. The van der Waals surface area contributed by atoms with Crippen LogP contribution in [0.4, 0.5) is 0 Å². The molecule has 0 heterocycles. The third-order valence-corrected chi connectivity index (χ3v) is 9.84. The summed E-state index contributed by atoms with van der Waals surface area (Å²) in [7, 11) is 0. The Labute approximate surface area is 158 Å². The van der Waals surface area contributed by atoms with E-state index in [0.717, 1.165) is 24.8 Å².